The molecule has 0 unspecified atom stereocenters. The van der Waals surface area contributed by atoms with Crippen molar-refractivity contribution in [1.82, 2.24) is 19.9 Å². The van der Waals surface area contributed by atoms with E-state index < -0.39 is 23.9 Å². The first-order valence-electron chi connectivity index (χ1n) is 15.3. The Kier molecular flexibility index (Phi) is 11.1. The van der Waals surface area contributed by atoms with E-state index in [2.05, 4.69) is 0 Å². The first kappa shape index (κ1) is 36.6. The van der Waals surface area contributed by atoms with Crippen LogP contribution in [0.4, 0.5) is 0 Å². The fourth-order valence-electron chi connectivity index (χ4n) is 6.04. The molecule has 2 aliphatic rings. The SMILES string of the molecule is CC1=C(CCC(=O)O)c2cc3[n-]c(cc4nc(cc5[n-]c(cc1n2)c(C)c5/C=C/C(=O)O)C(CCC(=O)O)=C4C)c(CCC(=O)O)c3C.[Fe+2]. The van der Waals surface area contributed by atoms with Gasteiger partial charge >= 0.3 is 40.9 Å². The molecule has 12 nitrogen and oxygen atoms in total. The summed E-state index contributed by atoms with van der Waals surface area (Å²) in [5.41, 5.74) is 9.74. The smallest absolute Gasteiger partial charge is 0.657 e. The Hall–Kier alpha value is -5.26. The zero-order valence-electron chi connectivity index (χ0n) is 27.3. The van der Waals surface area contributed by atoms with Crippen LogP contribution in [0.3, 0.4) is 0 Å². The molecule has 0 aliphatic carbocycles. The molecule has 0 aromatic carbocycles. The molecule has 0 atom stereocenters. The maximum atomic E-state index is 11.6. The summed E-state index contributed by atoms with van der Waals surface area (Å²) in [4.78, 5) is 65.7. The standard InChI is InChI=1S/C36H36N4O8.Fe/c1-17-21(5-9-33(41)42)29-14-27-19(3)22(6-10-34(43)44)30(39-27)15-28-20(4)24(8-12-36(47)48)32(40-28)16-31-23(7-11-35(45)46)18(2)26(38-31)13-25(17)37-29;/h7,11,13-16H,5-6,8-10,12H2,1-4H3,(H6,37,38,39,40,41,42,43,44,45,46,47,48);/q;+2/p-2/b11-7+,25-13?,26-13?,27-14?,28-15?,29-14?,30-15?,31-16?,32-16?;. The minimum Gasteiger partial charge on any atom is -0.657 e. The maximum absolute atomic E-state index is 11.6. The van der Waals surface area contributed by atoms with Gasteiger partial charge in [-0.05, 0) is 80.9 Å². The van der Waals surface area contributed by atoms with E-state index in [1.54, 1.807) is 24.3 Å². The van der Waals surface area contributed by atoms with E-state index in [4.69, 9.17) is 19.9 Å². The number of hydrogen-bond donors (Lipinski definition) is 4. The molecule has 4 N–H and O–H groups in total. The van der Waals surface area contributed by atoms with Gasteiger partial charge in [-0.1, -0.05) is 41.0 Å². The summed E-state index contributed by atoms with van der Waals surface area (Å²) in [6, 6.07) is 7.03. The Morgan fingerprint density at radius 2 is 1.04 bits per heavy atom. The summed E-state index contributed by atoms with van der Waals surface area (Å²) >= 11 is 0. The second kappa shape index (κ2) is 14.9. The molecule has 5 heterocycles. The van der Waals surface area contributed by atoms with Crippen LogP contribution in [0.1, 0.15) is 91.0 Å². The molecule has 8 bridgehead atoms. The van der Waals surface area contributed by atoms with Crippen LogP contribution in [0.25, 0.3) is 50.4 Å². The van der Waals surface area contributed by atoms with Gasteiger partial charge in [-0.2, -0.15) is 0 Å². The van der Waals surface area contributed by atoms with Gasteiger partial charge in [0.1, 0.15) is 0 Å². The average molecular weight is 707 g/mol. The number of aliphatic carboxylic acids is 4. The molecule has 0 fully saturated rings. The largest absolute Gasteiger partial charge is 2.00 e. The summed E-state index contributed by atoms with van der Waals surface area (Å²) in [6.45, 7) is 7.36. The van der Waals surface area contributed by atoms with Crippen LogP contribution in [0, 0.1) is 13.8 Å². The predicted molar refractivity (Wildman–Crippen MR) is 180 cm³/mol. The predicted octanol–water partition coefficient (Wildman–Crippen LogP) is 5.89. The molecule has 3 aromatic heterocycles. The summed E-state index contributed by atoms with van der Waals surface area (Å²) in [7, 11) is 0. The molecule has 254 valence electrons. The van der Waals surface area contributed by atoms with E-state index in [0.717, 1.165) is 28.4 Å². The monoisotopic (exact) mass is 706 g/mol. The molecular weight excluding hydrogens is 672 g/mol. The maximum Gasteiger partial charge on any atom is 2.00 e. The molecule has 0 spiro atoms. The van der Waals surface area contributed by atoms with Crippen LogP contribution in [0.2, 0.25) is 0 Å². The Morgan fingerprint density at radius 3 is 1.55 bits per heavy atom. The third-order valence-electron chi connectivity index (χ3n) is 8.72. The summed E-state index contributed by atoms with van der Waals surface area (Å²) in [5, 5.41) is 37.8. The van der Waals surface area contributed by atoms with E-state index in [9.17, 15) is 39.6 Å². The number of carboxylic acid groups (broad SMARTS) is 4. The normalized spacial score (nSPS) is 12.8. The number of aromatic nitrogens is 4. The van der Waals surface area contributed by atoms with Crippen molar-refractivity contribution >= 4 is 74.3 Å². The molecule has 3 aromatic rings. The van der Waals surface area contributed by atoms with E-state index in [1.807, 2.05) is 27.7 Å². The molecule has 0 radical (unpaired) electrons. The van der Waals surface area contributed by atoms with Crippen LogP contribution >= 0.6 is 0 Å². The zero-order chi connectivity index (χ0) is 34.9. The van der Waals surface area contributed by atoms with Crippen LogP contribution in [0.15, 0.2) is 30.3 Å². The van der Waals surface area contributed by atoms with Crippen LogP contribution in [-0.2, 0) is 42.7 Å². The van der Waals surface area contributed by atoms with Crippen LogP contribution in [-0.4, -0.2) is 54.3 Å². The first-order valence-corrected chi connectivity index (χ1v) is 15.3. The second-order valence-corrected chi connectivity index (χ2v) is 11.8. The van der Waals surface area contributed by atoms with Gasteiger partial charge in [-0.15, -0.1) is 22.1 Å². The van der Waals surface area contributed by atoms with Crippen molar-refractivity contribution < 1.29 is 56.7 Å². The van der Waals surface area contributed by atoms with Crippen molar-refractivity contribution in [3.05, 3.63) is 75.4 Å². The van der Waals surface area contributed by atoms with Gasteiger partial charge in [0.25, 0.3) is 0 Å². The van der Waals surface area contributed by atoms with Crippen molar-refractivity contribution in [1.29, 1.82) is 0 Å². The zero-order valence-corrected chi connectivity index (χ0v) is 28.4. The topological polar surface area (TPSA) is 203 Å². The molecule has 5 rings (SSSR count). The number of allylic oxidation sites excluding steroid dienone is 4. The van der Waals surface area contributed by atoms with Crippen molar-refractivity contribution in [2.45, 2.75) is 66.2 Å². The second-order valence-electron chi connectivity index (χ2n) is 11.8. The number of fused-ring (bicyclic) bond motifs is 8. The van der Waals surface area contributed by atoms with E-state index in [-0.39, 0.29) is 55.6 Å². The van der Waals surface area contributed by atoms with Crippen molar-refractivity contribution in [2.75, 3.05) is 0 Å². The Bertz CT molecular complexity index is 2150. The number of nitrogens with zero attached hydrogens (tertiary/aromatic N) is 4. The number of carbonyl (C=O) groups is 4. The van der Waals surface area contributed by atoms with Crippen LogP contribution < -0.4 is 9.97 Å². The van der Waals surface area contributed by atoms with Gasteiger partial charge in [-0.3, -0.25) is 14.4 Å². The van der Waals surface area contributed by atoms with Crippen molar-refractivity contribution in [2.24, 2.45) is 0 Å². The minimum atomic E-state index is -1.14. The summed E-state index contributed by atoms with van der Waals surface area (Å²) in [6.07, 6.45) is 2.69. The van der Waals surface area contributed by atoms with Crippen molar-refractivity contribution in [3.63, 3.8) is 0 Å². The number of carboxylic acids is 4. The molecular formula is C36H34FeN4O8. The molecule has 2 aliphatic heterocycles. The molecule has 0 saturated heterocycles. The fraction of sp³-hybridized carbons (Fsp3) is 0.278. The third kappa shape index (κ3) is 7.90. The van der Waals surface area contributed by atoms with Gasteiger partial charge in [0.05, 0.1) is 22.8 Å². The van der Waals surface area contributed by atoms with E-state index in [1.165, 1.54) is 6.08 Å². The Morgan fingerprint density at radius 1 is 0.612 bits per heavy atom. The van der Waals surface area contributed by atoms with Gasteiger partial charge in [0.15, 0.2) is 0 Å². The van der Waals surface area contributed by atoms with Gasteiger partial charge in [0.2, 0.25) is 0 Å². The molecule has 49 heavy (non-hydrogen) atoms. The Labute approximate surface area is 291 Å². The molecule has 13 heteroatoms. The van der Waals surface area contributed by atoms with Gasteiger partial charge in [0, 0.05) is 25.3 Å². The molecule has 0 amide bonds. The minimum absolute atomic E-state index is 0. The summed E-state index contributed by atoms with van der Waals surface area (Å²) < 4.78 is 0. The molecule has 0 saturated carbocycles. The number of rotatable bonds is 11. The third-order valence-corrected chi connectivity index (χ3v) is 8.72. The van der Waals surface area contributed by atoms with Crippen LogP contribution in [0.5, 0.6) is 0 Å². The van der Waals surface area contributed by atoms with E-state index in [0.29, 0.717) is 67.1 Å². The average Bonchev–Trinajstić information content (AvgIpc) is 3.66. The van der Waals surface area contributed by atoms with E-state index >= 15 is 0 Å². The number of hydrogen-bond acceptors (Lipinski definition) is 6. The summed E-state index contributed by atoms with van der Waals surface area (Å²) in [5.74, 6) is -4.03. The Balaban J connectivity index is 0.00000541. The quantitative estimate of drug-likeness (QED) is 0.136. The van der Waals surface area contributed by atoms with Crippen molar-refractivity contribution in [3.8, 4) is 0 Å². The first-order chi connectivity index (χ1) is 22.7. The van der Waals surface area contributed by atoms with Gasteiger partial charge in [-0.25, -0.2) is 14.8 Å². The van der Waals surface area contributed by atoms with Gasteiger partial charge < -0.3 is 30.4 Å². The number of aryl methyl sites for hydroxylation is 3. The fourth-order valence-corrected chi connectivity index (χ4v) is 6.04.